The van der Waals surface area contributed by atoms with Crippen LogP contribution in [0.15, 0.2) is 58.2 Å². The van der Waals surface area contributed by atoms with Crippen LogP contribution < -0.4 is 0 Å². The van der Waals surface area contributed by atoms with Crippen LogP contribution in [0, 0.1) is 11.8 Å². The number of likely N-dealkylation sites (N-methyl/N-ethyl adjacent to an activating group) is 1. The molecule has 0 amide bonds. The van der Waals surface area contributed by atoms with Crippen LogP contribution >= 0.6 is 0 Å². The van der Waals surface area contributed by atoms with Crippen molar-refractivity contribution >= 4 is 23.1 Å². The molecular formula is C30H25NO9. The number of Topliss-reactive ketones (excluding diaryl/α,β-unsaturated/α-hetero) is 2. The Hall–Kier alpha value is -4.98. The minimum Gasteiger partial charge on any atom is -0.507 e. The largest absolute Gasteiger partial charge is 0.507 e. The summed E-state index contributed by atoms with van der Waals surface area (Å²) in [6.45, 7) is 2.94. The van der Waals surface area contributed by atoms with Crippen molar-refractivity contribution in [3.05, 3.63) is 93.1 Å². The molecule has 1 aromatic heterocycles. The molecule has 0 fully saturated rings. The van der Waals surface area contributed by atoms with Crippen LogP contribution in [0.4, 0.5) is 0 Å². The number of aromatic hydroxyl groups is 2. The highest BCUT2D eigenvalue weighted by Crippen LogP contribution is 2.35. The Bertz CT molecular complexity index is 1680. The number of furan rings is 1. The lowest BCUT2D eigenvalue weighted by Crippen LogP contribution is -2.29. The van der Waals surface area contributed by atoms with Crippen molar-refractivity contribution < 1.29 is 44.0 Å². The second kappa shape index (κ2) is 10.6. The summed E-state index contributed by atoms with van der Waals surface area (Å²) in [4.78, 5) is 51.0. The smallest absolute Gasteiger partial charge is 0.229 e. The number of rotatable bonds is 2. The van der Waals surface area contributed by atoms with Gasteiger partial charge < -0.3 is 29.7 Å². The number of hydrogen-bond acceptors (Lipinski definition) is 10. The zero-order valence-corrected chi connectivity index (χ0v) is 22.0. The fraction of sp³-hybridized carbons (Fsp3) is 0.200. The average molecular weight is 544 g/mol. The standard InChI is InChI=1S/C16H15NO4.C14H10O5/c1-9(18)7-8-11-14(17(2)3)16(21)10-5-4-6-12(19)13(10)15(11)20;1-6(15)10-5-8-12(17)11-7(3-2-4-9(11)16)13(18)14(8)19-10/h4-6,9,18-19H,1-3H3;2-6,15-16H,1H3/t9-;6-/m00/s1. The second-order valence-electron chi connectivity index (χ2n) is 9.35. The van der Waals surface area contributed by atoms with E-state index in [1.165, 1.54) is 61.2 Å². The third-order valence-electron chi connectivity index (χ3n) is 6.17. The predicted molar refractivity (Wildman–Crippen MR) is 141 cm³/mol. The molecule has 3 aromatic rings. The molecule has 0 aliphatic heterocycles. The molecule has 2 aliphatic rings. The minimum absolute atomic E-state index is 0.0140. The van der Waals surface area contributed by atoms with Gasteiger partial charge in [0.05, 0.1) is 16.7 Å². The van der Waals surface area contributed by atoms with Gasteiger partial charge in [-0.3, -0.25) is 19.2 Å². The molecule has 0 bridgehead atoms. The van der Waals surface area contributed by atoms with Crippen LogP contribution in [0.5, 0.6) is 11.5 Å². The number of nitrogens with zero attached hydrogens (tertiary/aromatic N) is 1. The number of allylic oxidation sites excluding steroid dienone is 2. The zero-order valence-electron chi connectivity index (χ0n) is 22.0. The van der Waals surface area contributed by atoms with Crippen LogP contribution in [0.1, 0.15) is 78.5 Å². The first-order valence-electron chi connectivity index (χ1n) is 12.1. The van der Waals surface area contributed by atoms with Gasteiger partial charge in [-0.05, 0) is 44.2 Å². The fourth-order valence-corrected chi connectivity index (χ4v) is 4.34. The van der Waals surface area contributed by atoms with Crippen molar-refractivity contribution in [3.63, 3.8) is 0 Å². The minimum atomic E-state index is -0.922. The summed E-state index contributed by atoms with van der Waals surface area (Å²) in [7, 11) is 3.27. The highest BCUT2D eigenvalue weighted by molar-refractivity contribution is 6.29. The first-order valence-corrected chi connectivity index (χ1v) is 12.1. The van der Waals surface area contributed by atoms with Crippen molar-refractivity contribution in [2.45, 2.75) is 26.1 Å². The third-order valence-corrected chi connectivity index (χ3v) is 6.17. The average Bonchev–Trinajstić information content (AvgIpc) is 3.35. The summed E-state index contributed by atoms with van der Waals surface area (Å²) >= 11 is 0. The number of phenols is 2. The summed E-state index contributed by atoms with van der Waals surface area (Å²) in [5.74, 6) is 2.78. The second-order valence-corrected chi connectivity index (χ2v) is 9.35. The number of ketones is 4. The van der Waals surface area contributed by atoms with Crippen molar-refractivity contribution in [3.8, 4) is 23.3 Å². The van der Waals surface area contributed by atoms with Crippen molar-refractivity contribution in [1.82, 2.24) is 4.90 Å². The van der Waals surface area contributed by atoms with E-state index >= 15 is 0 Å². The summed E-state index contributed by atoms with van der Waals surface area (Å²) in [6.07, 6.45) is -1.84. The number of aliphatic hydroxyl groups is 2. The number of carbonyl (C=O) groups is 4. The van der Waals surface area contributed by atoms with Gasteiger partial charge in [-0.15, -0.1) is 0 Å². The van der Waals surface area contributed by atoms with Crippen molar-refractivity contribution in [1.29, 1.82) is 0 Å². The predicted octanol–water partition coefficient (Wildman–Crippen LogP) is 2.79. The molecule has 0 saturated carbocycles. The van der Waals surface area contributed by atoms with E-state index in [1.54, 1.807) is 14.1 Å². The van der Waals surface area contributed by atoms with Crippen molar-refractivity contribution in [2.24, 2.45) is 0 Å². The Morgan fingerprint density at radius 1 is 0.775 bits per heavy atom. The maximum absolute atomic E-state index is 12.5. The van der Waals surface area contributed by atoms with Gasteiger partial charge in [0.25, 0.3) is 0 Å². The molecule has 1 heterocycles. The van der Waals surface area contributed by atoms with Crippen LogP contribution in [0.3, 0.4) is 0 Å². The van der Waals surface area contributed by atoms with Gasteiger partial charge in [-0.1, -0.05) is 24.0 Å². The molecule has 2 aliphatic carbocycles. The van der Waals surface area contributed by atoms with Gasteiger partial charge in [0.15, 0.2) is 5.76 Å². The molecule has 2 atom stereocenters. The van der Waals surface area contributed by atoms with E-state index in [-0.39, 0.29) is 67.9 Å². The topological polar surface area (TPSA) is 166 Å². The van der Waals surface area contributed by atoms with Gasteiger partial charge in [-0.25, -0.2) is 0 Å². The Morgan fingerprint density at radius 2 is 1.32 bits per heavy atom. The van der Waals surface area contributed by atoms with Gasteiger partial charge >= 0.3 is 0 Å². The van der Waals surface area contributed by atoms with E-state index in [0.717, 1.165) is 0 Å². The lowest BCUT2D eigenvalue weighted by Gasteiger charge is -2.23. The molecule has 2 aromatic carbocycles. The maximum atomic E-state index is 12.5. The SMILES string of the molecule is C[C@H](O)C#CC1=C(N(C)C)C(=O)c2cccc(O)c2C1=O.C[C@H](O)c1cc2c(o1)C(=O)c1cccc(O)c1C2=O. The molecular weight excluding hydrogens is 518 g/mol. The molecule has 40 heavy (non-hydrogen) atoms. The molecule has 5 rings (SSSR count). The number of carbonyl (C=O) groups excluding carboxylic acids is 4. The Morgan fingerprint density at radius 3 is 1.85 bits per heavy atom. The maximum Gasteiger partial charge on any atom is 0.229 e. The van der Waals surface area contributed by atoms with E-state index in [0.29, 0.717) is 0 Å². The number of phenolic OH excluding ortho intramolecular Hbond substituents is 2. The normalized spacial score (nSPS) is 15.2. The molecule has 0 unspecified atom stereocenters. The molecule has 4 N–H and O–H groups in total. The number of benzene rings is 2. The summed E-state index contributed by atoms with van der Waals surface area (Å²) in [5.41, 5.74) is 0.442. The molecule has 0 saturated heterocycles. The fourth-order valence-electron chi connectivity index (χ4n) is 4.34. The molecule has 0 radical (unpaired) electrons. The van der Waals surface area contributed by atoms with Gasteiger partial charge in [-0.2, -0.15) is 0 Å². The third kappa shape index (κ3) is 4.80. The Balaban J connectivity index is 0.000000186. The molecule has 204 valence electrons. The van der Waals surface area contributed by atoms with Crippen LogP contribution in [-0.4, -0.2) is 68.7 Å². The number of fused-ring (bicyclic) bond motifs is 3. The summed E-state index contributed by atoms with van der Waals surface area (Å²) in [6, 6.07) is 10.0. The van der Waals surface area contributed by atoms with Crippen LogP contribution in [0.25, 0.3) is 0 Å². The number of aliphatic hydroxyl groups excluding tert-OH is 2. The molecule has 10 heteroatoms. The quantitative estimate of drug-likeness (QED) is 0.276. The highest BCUT2D eigenvalue weighted by Gasteiger charge is 2.36. The van der Waals surface area contributed by atoms with E-state index in [4.69, 9.17) is 4.42 Å². The van der Waals surface area contributed by atoms with E-state index in [9.17, 15) is 39.6 Å². The monoisotopic (exact) mass is 543 g/mol. The molecule has 10 nitrogen and oxygen atoms in total. The van der Waals surface area contributed by atoms with Crippen LogP contribution in [0.2, 0.25) is 0 Å². The lowest BCUT2D eigenvalue weighted by molar-refractivity contribution is 0.0951. The van der Waals surface area contributed by atoms with Crippen LogP contribution in [-0.2, 0) is 0 Å². The Kier molecular flexibility index (Phi) is 7.46. The van der Waals surface area contributed by atoms with Crippen molar-refractivity contribution in [2.75, 3.05) is 14.1 Å². The highest BCUT2D eigenvalue weighted by atomic mass is 16.4. The van der Waals surface area contributed by atoms with E-state index in [1.807, 2.05) is 0 Å². The summed E-state index contributed by atoms with van der Waals surface area (Å²) < 4.78 is 5.24. The first-order chi connectivity index (χ1) is 18.8. The van der Waals surface area contributed by atoms with Gasteiger partial charge in [0.1, 0.15) is 40.7 Å². The van der Waals surface area contributed by atoms with Gasteiger partial charge in [0, 0.05) is 25.2 Å². The van der Waals surface area contributed by atoms with E-state index < -0.39 is 29.6 Å². The Labute approximate surface area is 228 Å². The zero-order chi connectivity index (χ0) is 29.5. The molecule has 0 spiro atoms. The summed E-state index contributed by atoms with van der Waals surface area (Å²) in [5, 5.41) is 38.3. The first kappa shape index (κ1) is 28.0. The van der Waals surface area contributed by atoms with Gasteiger partial charge in [0.2, 0.25) is 23.1 Å². The number of hydrogen-bond donors (Lipinski definition) is 4. The van der Waals surface area contributed by atoms with E-state index in [2.05, 4.69) is 11.8 Å². The lowest BCUT2D eigenvalue weighted by atomic mass is 9.86.